The molecule has 1 N–H and O–H groups in total. The summed E-state index contributed by atoms with van der Waals surface area (Å²) >= 11 is 0. The SMILES string of the molecule is C=CC(=O)[O-].CCC[NH+](C)C.[Cl-]. The molecule has 0 heterocycles. The average molecular weight is 195 g/mol. The van der Waals surface area contributed by atoms with Crippen LogP contribution in [0.2, 0.25) is 0 Å². The zero-order valence-corrected chi connectivity index (χ0v) is 8.65. The van der Waals surface area contributed by atoms with Gasteiger partial charge in [0, 0.05) is 0 Å². The molecule has 0 spiro atoms. The number of carboxylic acid groups (broad SMARTS) is 1. The molecular formula is C8H17ClNO2-. The van der Waals surface area contributed by atoms with Crippen molar-refractivity contribution in [1.82, 2.24) is 0 Å². The molecule has 0 fully saturated rings. The second-order valence-electron chi connectivity index (χ2n) is 2.48. The molecule has 0 bridgehead atoms. The van der Waals surface area contributed by atoms with Crippen LogP contribution in [0.3, 0.4) is 0 Å². The van der Waals surface area contributed by atoms with E-state index in [2.05, 4.69) is 27.6 Å². The van der Waals surface area contributed by atoms with Gasteiger partial charge in [0.2, 0.25) is 0 Å². The van der Waals surface area contributed by atoms with Crippen LogP contribution in [-0.2, 0) is 4.79 Å². The number of quaternary nitrogens is 1. The van der Waals surface area contributed by atoms with Crippen molar-refractivity contribution >= 4 is 5.97 Å². The van der Waals surface area contributed by atoms with Crippen LogP contribution in [0.15, 0.2) is 12.7 Å². The minimum atomic E-state index is -1.23. The first-order valence-corrected chi connectivity index (χ1v) is 3.67. The van der Waals surface area contributed by atoms with Crippen molar-refractivity contribution in [2.75, 3.05) is 20.6 Å². The van der Waals surface area contributed by atoms with Gasteiger partial charge in [-0.05, 0) is 12.5 Å². The van der Waals surface area contributed by atoms with Gasteiger partial charge in [0.25, 0.3) is 0 Å². The van der Waals surface area contributed by atoms with Gasteiger partial charge in [-0.1, -0.05) is 13.5 Å². The molecule has 74 valence electrons. The van der Waals surface area contributed by atoms with E-state index in [4.69, 9.17) is 9.90 Å². The molecule has 0 rings (SSSR count). The fourth-order valence-corrected chi connectivity index (χ4v) is 0.500. The van der Waals surface area contributed by atoms with Crippen molar-refractivity contribution < 1.29 is 27.2 Å². The number of hydrogen-bond donors (Lipinski definition) is 1. The highest BCUT2D eigenvalue weighted by Gasteiger charge is 1.83. The molecule has 3 nitrogen and oxygen atoms in total. The Morgan fingerprint density at radius 1 is 1.58 bits per heavy atom. The van der Waals surface area contributed by atoms with Gasteiger partial charge in [0.15, 0.2) is 0 Å². The van der Waals surface area contributed by atoms with E-state index in [-0.39, 0.29) is 12.4 Å². The monoisotopic (exact) mass is 194 g/mol. The van der Waals surface area contributed by atoms with Crippen LogP contribution in [0.4, 0.5) is 0 Å². The Hall–Kier alpha value is -0.540. The zero-order valence-electron chi connectivity index (χ0n) is 7.89. The van der Waals surface area contributed by atoms with Gasteiger partial charge in [0.05, 0.1) is 26.6 Å². The van der Waals surface area contributed by atoms with E-state index in [0.717, 1.165) is 6.08 Å². The number of nitrogens with one attached hydrogen (secondary N) is 1. The number of carbonyl (C=O) groups is 1. The number of carbonyl (C=O) groups excluding carboxylic acids is 1. The van der Waals surface area contributed by atoms with Crippen LogP contribution in [0, 0.1) is 0 Å². The maximum atomic E-state index is 9.14. The van der Waals surface area contributed by atoms with Crippen LogP contribution in [0.5, 0.6) is 0 Å². The van der Waals surface area contributed by atoms with Crippen molar-refractivity contribution in [3.8, 4) is 0 Å². The predicted molar refractivity (Wildman–Crippen MR) is 43.2 cm³/mol. The third kappa shape index (κ3) is 34.0. The van der Waals surface area contributed by atoms with Crippen LogP contribution in [0.1, 0.15) is 13.3 Å². The lowest BCUT2D eigenvalue weighted by molar-refractivity contribution is -0.858. The molecule has 0 atom stereocenters. The Bertz CT molecular complexity index is 116. The summed E-state index contributed by atoms with van der Waals surface area (Å²) in [6.45, 7) is 6.39. The standard InChI is InChI=1S/C5H13N.C3H4O2.ClH/c1-4-5-6(2)3;1-2-3(4)5;/h4-5H2,1-3H3;2H,1H2,(H,4,5);1H/p-1. The lowest BCUT2D eigenvalue weighted by atomic mass is 10.5. The molecule has 0 aliphatic rings. The molecule has 0 aromatic rings. The average Bonchev–Trinajstić information content (AvgIpc) is 1.89. The van der Waals surface area contributed by atoms with E-state index in [0.29, 0.717) is 0 Å². The molecule has 0 aromatic carbocycles. The molecule has 0 saturated carbocycles. The van der Waals surface area contributed by atoms with Crippen LogP contribution >= 0.6 is 0 Å². The summed E-state index contributed by atoms with van der Waals surface area (Å²) in [6, 6.07) is 0. The summed E-state index contributed by atoms with van der Waals surface area (Å²) in [6.07, 6.45) is 2.02. The summed E-state index contributed by atoms with van der Waals surface area (Å²) in [5.74, 6) is -1.23. The number of carboxylic acids is 1. The molecule has 0 aliphatic heterocycles. The van der Waals surface area contributed by atoms with Gasteiger partial charge in [-0.2, -0.15) is 0 Å². The van der Waals surface area contributed by atoms with E-state index < -0.39 is 5.97 Å². The number of hydrogen-bond acceptors (Lipinski definition) is 2. The summed E-state index contributed by atoms with van der Waals surface area (Å²) in [5.41, 5.74) is 0. The van der Waals surface area contributed by atoms with E-state index >= 15 is 0 Å². The lowest BCUT2D eigenvalue weighted by Gasteiger charge is -2.01. The third-order valence-electron chi connectivity index (χ3n) is 0.917. The molecule has 12 heavy (non-hydrogen) atoms. The highest BCUT2D eigenvalue weighted by atomic mass is 35.5. The largest absolute Gasteiger partial charge is 1.00 e. The van der Waals surface area contributed by atoms with Crippen LogP contribution in [0.25, 0.3) is 0 Å². The normalized spacial score (nSPS) is 7.67. The highest BCUT2D eigenvalue weighted by molar-refractivity contribution is 5.76. The van der Waals surface area contributed by atoms with E-state index in [1.165, 1.54) is 17.9 Å². The lowest BCUT2D eigenvalue weighted by Crippen LogP contribution is -3.05. The zero-order chi connectivity index (χ0) is 9.28. The molecule has 0 radical (unpaired) electrons. The molecular weight excluding hydrogens is 178 g/mol. The van der Waals surface area contributed by atoms with Gasteiger partial charge in [-0.25, -0.2) is 0 Å². The van der Waals surface area contributed by atoms with Crippen molar-refractivity contribution in [2.24, 2.45) is 0 Å². The van der Waals surface area contributed by atoms with E-state index in [1.807, 2.05) is 0 Å². The van der Waals surface area contributed by atoms with Crippen LogP contribution < -0.4 is 22.4 Å². The summed E-state index contributed by atoms with van der Waals surface area (Å²) in [7, 11) is 4.34. The quantitative estimate of drug-likeness (QED) is 0.461. The Kier molecular flexibility index (Phi) is 19.1. The summed E-state index contributed by atoms with van der Waals surface area (Å²) in [5, 5.41) is 9.14. The van der Waals surface area contributed by atoms with Gasteiger partial charge in [-0.3, -0.25) is 0 Å². The van der Waals surface area contributed by atoms with Crippen molar-refractivity contribution in [2.45, 2.75) is 13.3 Å². The second kappa shape index (κ2) is 13.1. The van der Waals surface area contributed by atoms with Crippen molar-refractivity contribution in [3.63, 3.8) is 0 Å². The number of halogens is 1. The third-order valence-corrected chi connectivity index (χ3v) is 0.917. The molecule has 0 unspecified atom stereocenters. The maximum Gasteiger partial charge on any atom is 0.0764 e. The number of aliphatic carboxylic acids is 1. The van der Waals surface area contributed by atoms with Gasteiger partial charge < -0.3 is 27.2 Å². The second-order valence-corrected chi connectivity index (χ2v) is 2.48. The Labute approximate surface area is 80.5 Å². The topological polar surface area (TPSA) is 44.6 Å². The summed E-state index contributed by atoms with van der Waals surface area (Å²) in [4.78, 5) is 10.7. The molecule has 0 amide bonds. The molecule has 0 aliphatic carbocycles. The first-order chi connectivity index (χ1) is 5.04. The Morgan fingerprint density at radius 2 is 1.92 bits per heavy atom. The Morgan fingerprint density at radius 3 is 1.92 bits per heavy atom. The molecule has 0 saturated heterocycles. The van der Waals surface area contributed by atoms with Crippen molar-refractivity contribution in [1.29, 1.82) is 0 Å². The van der Waals surface area contributed by atoms with E-state index in [9.17, 15) is 0 Å². The highest BCUT2D eigenvalue weighted by Crippen LogP contribution is 1.58. The predicted octanol–water partition coefficient (Wildman–Crippen LogP) is -4.53. The minimum absolute atomic E-state index is 0. The number of rotatable bonds is 3. The van der Waals surface area contributed by atoms with Gasteiger partial charge in [0.1, 0.15) is 0 Å². The van der Waals surface area contributed by atoms with E-state index in [1.54, 1.807) is 0 Å². The van der Waals surface area contributed by atoms with Gasteiger partial charge in [-0.15, -0.1) is 0 Å². The Balaban J connectivity index is -0.000000126. The smallest absolute Gasteiger partial charge is 0.0764 e. The maximum absolute atomic E-state index is 9.14. The minimum Gasteiger partial charge on any atom is -1.00 e. The molecule has 4 heteroatoms. The van der Waals surface area contributed by atoms with Crippen LogP contribution in [-0.4, -0.2) is 26.6 Å². The van der Waals surface area contributed by atoms with Gasteiger partial charge >= 0.3 is 0 Å². The fraction of sp³-hybridized carbons (Fsp3) is 0.625. The first kappa shape index (κ1) is 17.5. The fourth-order valence-electron chi connectivity index (χ4n) is 0.500. The molecule has 0 aromatic heterocycles. The summed E-state index contributed by atoms with van der Waals surface area (Å²) < 4.78 is 0. The first-order valence-electron chi connectivity index (χ1n) is 3.67. The van der Waals surface area contributed by atoms with Crippen molar-refractivity contribution in [3.05, 3.63) is 12.7 Å².